The molecule has 1 N–H and O–H groups in total. The Morgan fingerprint density at radius 2 is 2.11 bits per heavy atom. The summed E-state index contributed by atoms with van der Waals surface area (Å²) in [6.45, 7) is 1.55. The molecule has 6 nitrogen and oxygen atoms in total. The van der Waals surface area contributed by atoms with Gasteiger partial charge in [-0.15, -0.1) is 0 Å². The van der Waals surface area contributed by atoms with Crippen LogP contribution in [0.5, 0.6) is 5.75 Å². The molecule has 0 spiro atoms. The number of hydrogen-bond acceptors (Lipinski definition) is 5. The van der Waals surface area contributed by atoms with E-state index < -0.39 is 21.1 Å². The van der Waals surface area contributed by atoms with Crippen molar-refractivity contribution in [3.63, 3.8) is 0 Å². The highest BCUT2D eigenvalue weighted by atomic mass is 32.2. The smallest absolute Gasteiger partial charge is 0.324 e. The van der Waals surface area contributed by atoms with Gasteiger partial charge in [0.2, 0.25) is 0 Å². The molecule has 0 saturated heterocycles. The van der Waals surface area contributed by atoms with Crippen LogP contribution in [0.4, 0.5) is 5.69 Å². The van der Waals surface area contributed by atoms with Gasteiger partial charge in [0.25, 0.3) is 0 Å². The molecule has 1 aliphatic heterocycles. The minimum absolute atomic E-state index is 0.0491. The lowest BCUT2D eigenvalue weighted by Crippen LogP contribution is -2.45. The molecule has 0 saturated carbocycles. The van der Waals surface area contributed by atoms with E-state index in [1.165, 1.54) is 7.11 Å². The highest BCUT2D eigenvalue weighted by Gasteiger charge is 2.43. The highest BCUT2D eigenvalue weighted by molar-refractivity contribution is 7.93. The van der Waals surface area contributed by atoms with E-state index in [-0.39, 0.29) is 11.4 Å². The van der Waals surface area contributed by atoms with Crippen LogP contribution in [-0.2, 0) is 14.6 Å². The van der Waals surface area contributed by atoms with E-state index in [0.29, 0.717) is 17.0 Å². The molecule has 104 valence electrons. The van der Waals surface area contributed by atoms with Crippen molar-refractivity contribution in [2.45, 2.75) is 17.1 Å². The summed E-state index contributed by atoms with van der Waals surface area (Å²) in [4.78, 5) is 12.8. The van der Waals surface area contributed by atoms with Crippen molar-refractivity contribution < 1.29 is 23.1 Å². The van der Waals surface area contributed by atoms with Crippen LogP contribution in [0.25, 0.3) is 0 Å². The molecular formula is C12H15NO5S. The lowest BCUT2D eigenvalue weighted by Gasteiger charge is -2.33. The molecule has 2 rings (SSSR count). The van der Waals surface area contributed by atoms with Gasteiger partial charge in [0.1, 0.15) is 5.75 Å². The normalized spacial score (nSPS) is 20.8. The molecule has 0 fully saturated rings. The summed E-state index contributed by atoms with van der Waals surface area (Å²) in [6, 6.07) is 3.30. The molecule has 1 atom stereocenters. The molecule has 1 unspecified atom stereocenters. The minimum Gasteiger partial charge on any atom is -0.495 e. The number of carboxylic acid groups (broad SMARTS) is 1. The van der Waals surface area contributed by atoms with E-state index in [1.807, 2.05) is 0 Å². The summed E-state index contributed by atoms with van der Waals surface area (Å²) in [5.74, 6) is -0.907. The summed E-state index contributed by atoms with van der Waals surface area (Å²) in [7, 11) is -0.788. The monoisotopic (exact) mass is 285 g/mol. The molecule has 1 heterocycles. The van der Waals surface area contributed by atoms with Crippen molar-refractivity contribution in [1.82, 2.24) is 0 Å². The van der Waals surface area contributed by atoms with Gasteiger partial charge >= 0.3 is 5.97 Å². The van der Waals surface area contributed by atoms with E-state index in [2.05, 4.69) is 0 Å². The first-order chi connectivity index (χ1) is 8.80. The maximum absolute atomic E-state index is 12.4. The maximum atomic E-state index is 12.4. The third-order valence-electron chi connectivity index (χ3n) is 3.27. The predicted molar refractivity (Wildman–Crippen MR) is 69.6 cm³/mol. The van der Waals surface area contributed by atoms with Crippen LogP contribution in [0, 0.1) is 6.92 Å². The number of benzene rings is 1. The zero-order valence-electron chi connectivity index (χ0n) is 10.9. The summed E-state index contributed by atoms with van der Waals surface area (Å²) in [5.41, 5.74) is 0.952. The van der Waals surface area contributed by atoms with Gasteiger partial charge in [-0.1, -0.05) is 6.07 Å². The second kappa shape index (κ2) is 4.41. The number of sulfone groups is 1. The van der Waals surface area contributed by atoms with Gasteiger partial charge in [-0.05, 0) is 18.6 Å². The first kappa shape index (κ1) is 13.7. The Balaban J connectivity index is 2.80. The molecule has 0 amide bonds. The summed E-state index contributed by atoms with van der Waals surface area (Å²) >= 11 is 0. The third-order valence-corrected chi connectivity index (χ3v) is 5.45. The topological polar surface area (TPSA) is 83.9 Å². The van der Waals surface area contributed by atoms with Gasteiger partial charge in [-0.2, -0.15) is 0 Å². The molecule has 0 aromatic heterocycles. The molecule has 1 aliphatic rings. The van der Waals surface area contributed by atoms with Crippen LogP contribution in [0.3, 0.4) is 0 Å². The van der Waals surface area contributed by atoms with Gasteiger partial charge in [0.15, 0.2) is 15.1 Å². The lowest BCUT2D eigenvalue weighted by atomic mass is 10.1. The number of nitrogens with zero attached hydrogens (tertiary/aromatic N) is 1. The molecule has 19 heavy (non-hydrogen) atoms. The van der Waals surface area contributed by atoms with E-state index >= 15 is 0 Å². The number of fused-ring (bicyclic) bond motifs is 1. The third kappa shape index (κ3) is 1.94. The van der Waals surface area contributed by atoms with Crippen LogP contribution in [-0.4, -0.2) is 45.4 Å². The zero-order valence-corrected chi connectivity index (χ0v) is 11.7. The van der Waals surface area contributed by atoms with Crippen LogP contribution < -0.4 is 9.64 Å². The van der Waals surface area contributed by atoms with E-state index in [0.717, 1.165) is 0 Å². The van der Waals surface area contributed by atoms with Crippen molar-refractivity contribution >= 4 is 21.5 Å². The van der Waals surface area contributed by atoms with E-state index in [9.17, 15) is 13.2 Å². The second-order valence-corrected chi connectivity index (χ2v) is 6.58. The molecule has 0 radical (unpaired) electrons. The second-order valence-electron chi connectivity index (χ2n) is 4.51. The van der Waals surface area contributed by atoms with Gasteiger partial charge in [0, 0.05) is 13.6 Å². The Bertz CT molecular complexity index is 638. The fraction of sp³-hybridized carbons (Fsp3) is 0.417. The SMILES string of the molecule is COc1ccc(C)c2c1N(C)CC(C(=O)O)S2(=O)=O. The number of rotatable bonds is 2. The lowest BCUT2D eigenvalue weighted by molar-refractivity contribution is -0.136. The fourth-order valence-electron chi connectivity index (χ4n) is 2.33. The molecule has 7 heteroatoms. The molecule has 0 bridgehead atoms. The number of anilines is 1. The van der Waals surface area contributed by atoms with Crippen LogP contribution >= 0.6 is 0 Å². The summed E-state index contributed by atoms with van der Waals surface area (Å²) < 4.78 is 30.0. The van der Waals surface area contributed by atoms with Crippen LogP contribution in [0.15, 0.2) is 17.0 Å². The Hall–Kier alpha value is -1.76. The van der Waals surface area contributed by atoms with Crippen molar-refractivity contribution in [2.75, 3.05) is 25.6 Å². The average molecular weight is 285 g/mol. The fourth-order valence-corrected chi connectivity index (χ4v) is 4.34. The van der Waals surface area contributed by atoms with Gasteiger partial charge in [0.05, 0.1) is 17.7 Å². The molecule has 1 aromatic rings. The van der Waals surface area contributed by atoms with Gasteiger partial charge < -0.3 is 14.7 Å². The number of aliphatic carboxylic acids is 1. The highest BCUT2D eigenvalue weighted by Crippen LogP contribution is 2.41. The van der Waals surface area contributed by atoms with E-state index in [1.54, 1.807) is 31.0 Å². The first-order valence-electron chi connectivity index (χ1n) is 5.66. The largest absolute Gasteiger partial charge is 0.495 e. The maximum Gasteiger partial charge on any atom is 0.324 e. The molecule has 1 aromatic carbocycles. The number of methoxy groups -OCH3 is 1. The van der Waals surface area contributed by atoms with E-state index in [4.69, 9.17) is 9.84 Å². The van der Waals surface area contributed by atoms with Gasteiger partial charge in [-0.25, -0.2) is 8.42 Å². The minimum atomic E-state index is -3.90. The van der Waals surface area contributed by atoms with Crippen LogP contribution in [0.2, 0.25) is 0 Å². The Labute approximate surface area is 111 Å². The predicted octanol–water partition coefficient (Wildman–Crippen LogP) is 0.680. The average Bonchev–Trinajstić information content (AvgIpc) is 2.33. The summed E-state index contributed by atoms with van der Waals surface area (Å²) in [5, 5.41) is 7.65. The Morgan fingerprint density at radius 3 is 2.63 bits per heavy atom. The van der Waals surface area contributed by atoms with Crippen molar-refractivity contribution in [3.05, 3.63) is 17.7 Å². The quantitative estimate of drug-likeness (QED) is 0.860. The van der Waals surface area contributed by atoms with Crippen LogP contribution in [0.1, 0.15) is 5.56 Å². The molecular weight excluding hydrogens is 270 g/mol. The van der Waals surface area contributed by atoms with Crippen molar-refractivity contribution in [3.8, 4) is 5.75 Å². The number of hydrogen-bond donors (Lipinski definition) is 1. The standard InChI is InChI=1S/C12H15NO5S/c1-7-4-5-8(18-3)10-11(7)19(16,17)9(12(14)15)6-13(10)2/h4-5,9H,6H2,1-3H3,(H,14,15). The van der Waals surface area contributed by atoms with Crippen molar-refractivity contribution in [1.29, 1.82) is 0 Å². The van der Waals surface area contributed by atoms with Gasteiger partial charge in [-0.3, -0.25) is 4.79 Å². The number of ether oxygens (including phenoxy) is 1. The number of carbonyl (C=O) groups is 1. The summed E-state index contributed by atoms with van der Waals surface area (Å²) in [6.07, 6.45) is 0. The Morgan fingerprint density at radius 1 is 1.47 bits per heavy atom. The Kier molecular flexibility index (Phi) is 3.17. The van der Waals surface area contributed by atoms with Crippen molar-refractivity contribution in [2.24, 2.45) is 0 Å². The molecule has 0 aliphatic carbocycles. The zero-order chi connectivity index (χ0) is 14.4. The number of carboxylic acids is 1. The first-order valence-corrected chi connectivity index (χ1v) is 7.20. The number of aryl methyl sites for hydroxylation is 1.